The van der Waals surface area contributed by atoms with E-state index < -0.39 is 0 Å². The molecule has 0 amide bonds. The number of nitrogen functional groups attached to an aromatic ring is 1. The average Bonchev–Trinajstić information content (AvgIpc) is 2.20. The Hall–Kier alpha value is -0.420. The lowest BCUT2D eigenvalue weighted by molar-refractivity contribution is 0.622. The van der Waals surface area contributed by atoms with E-state index in [2.05, 4.69) is 27.5 Å². The van der Waals surface area contributed by atoms with Gasteiger partial charge in [0, 0.05) is 12.6 Å². The van der Waals surface area contributed by atoms with Crippen molar-refractivity contribution in [3.05, 3.63) is 22.4 Å². The van der Waals surface area contributed by atoms with E-state index in [9.17, 15) is 4.39 Å². The topological polar surface area (TPSA) is 38.0 Å². The van der Waals surface area contributed by atoms with E-state index in [1.807, 2.05) is 0 Å². The van der Waals surface area contributed by atoms with E-state index in [1.54, 1.807) is 17.8 Å². The Morgan fingerprint density at radius 1 is 1.53 bits per heavy atom. The fraction of sp³-hybridized carbons (Fsp3) is 0.400. The second kappa shape index (κ2) is 6.23. The first kappa shape index (κ1) is 12.6. The van der Waals surface area contributed by atoms with Crippen LogP contribution in [0.25, 0.3) is 0 Å². The molecule has 1 rings (SSSR count). The molecule has 0 fully saturated rings. The molecular weight excluding hydrogens is 279 g/mol. The molecule has 0 heterocycles. The molecule has 1 aromatic carbocycles. The summed E-state index contributed by atoms with van der Waals surface area (Å²) in [6.07, 6.45) is 3.10. The Balaban J connectivity index is 2.57. The van der Waals surface area contributed by atoms with Crippen molar-refractivity contribution >= 4 is 39.1 Å². The van der Waals surface area contributed by atoms with Crippen molar-refractivity contribution in [2.24, 2.45) is 0 Å². The summed E-state index contributed by atoms with van der Waals surface area (Å²) in [4.78, 5) is 0. The van der Waals surface area contributed by atoms with Crippen molar-refractivity contribution in [2.75, 3.05) is 29.6 Å². The van der Waals surface area contributed by atoms with Crippen molar-refractivity contribution in [3.8, 4) is 0 Å². The molecule has 5 heteroatoms. The van der Waals surface area contributed by atoms with Gasteiger partial charge in [-0.25, -0.2) is 4.39 Å². The minimum absolute atomic E-state index is 0.295. The SMILES string of the molecule is CSCCCNc1cc(F)c(Br)cc1N. The van der Waals surface area contributed by atoms with Gasteiger partial charge in [0.1, 0.15) is 5.82 Å². The van der Waals surface area contributed by atoms with Gasteiger partial charge >= 0.3 is 0 Å². The first-order valence-corrected chi connectivity index (χ1v) is 6.81. The number of benzene rings is 1. The Morgan fingerprint density at radius 3 is 2.93 bits per heavy atom. The lowest BCUT2D eigenvalue weighted by Gasteiger charge is -2.09. The average molecular weight is 293 g/mol. The van der Waals surface area contributed by atoms with Gasteiger partial charge in [0.05, 0.1) is 15.8 Å². The highest BCUT2D eigenvalue weighted by atomic mass is 79.9. The van der Waals surface area contributed by atoms with E-state index in [4.69, 9.17) is 5.73 Å². The zero-order chi connectivity index (χ0) is 11.3. The summed E-state index contributed by atoms with van der Waals surface area (Å²) in [6, 6.07) is 2.99. The third-order valence-corrected chi connectivity index (χ3v) is 3.24. The van der Waals surface area contributed by atoms with Crippen molar-refractivity contribution in [2.45, 2.75) is 6.42 Å². The molecule has 0 radical (unpaired) electrons. The molecule has 0 aromatic heterocycles. The van der Waals surface area contributed by atoms with Crippen LogP contribution in [0.4, 0.5) is 15.8 Å². The zero-order valence-corrected chi connectivity index (χ0v) is 10.9. The number of rotatable bonds is 5. The van der Waals surface area contributed by atoms with Crippen molar-refractivity contribution < 1.29 is 4.39 Å². The minimum Gasteiger partial charge on any atom is -0.397 e. The van der Waals surface area contributed by atoms with E-state index in [0.29, 0.717) is 15.8 Å². The lowest BCUT2D eigenvalue weighted by Crippen LogP contribution is -2.05. The first-order chi connectivity index (χ1) is 7.15. The standard InChI is InChI=1S/C10H14BrFN2S/c1-15-4-2-3-14-10-6-8(12)7(11)5-9(10)13/h5-6,14H,2-4,13H2,1H3. The molecule has 0 spiro atoms. The molecule has 0 bridgehead atoms. The molecule has 0 saturated carbocycles. The third-order valence-electron chi connectivity index (χ3n) is 1.93. The van der Waals surface area contributed by atoms with Crippen LogP contribution in [0.1, 0.15) is 6.42 Å². The molecule has 0 aliphatic heterocycles. The number of nitrogens with one attached hydrogen (secondary N) is 1. The number of halogens is 2. The minimum atomic E-state index is -0.295. The molecule has 0 aliphatic rings. The van der Waals surface area contributed by atoms with Gasteiger partial charge in [0.25, 0.3) is 0 Å². The van der Waals surface area contributed by atoms with E-state index >= 15 is 0 Å². The van der Waals surface area contributed by atoms with Crippen LogP contribution in [0, 0.1) is 5.82 Å². The fourth-order valence-corrected chi connectivity index (χ4v) is 1.95. The van der Waals surface area contributed by atoms with E-state index in [0.717, 1.165) is 18.7 Å². The molecule has 3 N–H and O–H groups in total. The molecule has 2 nitrogen and oxygen atoms in total. The number of thioether (sulfide) groups is 1. The van der Waals surface area contributed by atoms with Crippen LogP contribution >= 0.6 is 27.7 Å². The second-order valence-electron chi connectivity index (χ2n) is 3.13. The summed E-state index contributed by atoms with van der Waals surface area (Å²) < 4.78 is 13.6. The zero-order valence-electron chi connectivity index (χ0n) is 8.52. The summed E-state index contributed by atoms with van der Waals surface area (Å²) in [5, 5.41) is 3.12. The van der Waals surface area contributed by atoms with Crippen molar-refractivity contribution in [1.29, 1.82) is 0 Å². The van der Waals surface area contributed by atoms with Gasteiger partial charge in [-0.1, -0.05) is 0 Å². The molecular formula is C10H14BrFN2S. The molecule has 0 aliphatic carbocycles. The van der Waals surface area contributed by atoms with Crippen molar-refractivity contribution in [1.82, 2.24) is 0 Å². The molecule has 84 valence electrons. The highest BCUT2D eigenvalue weighted by molar-refractivity contribution is 9.10. The van der Waals surface area contributed by atoms with Crippen LogP contribution in [0.3, 0.4) is 0 Å². The smallest absolute Gasteiger partial charge is 0.139 e. The summed E-state index contributed by atoms with van der Waals surface area (Å²) in [5.74, 6) is 0.794. The maximum Gasteiger partial charge on any atom is 0.139 e. The number of nitrogens with two attached hydrogens (primary N) is 1. The number of anilines is 2. The maximum absolute atomic E-state index is 13.2. The maximum atomic E-state index is 13.2. The van der Waals surface area contributed by atoms with Crippen LogP contribution in [0.15, 0.2) is 16.6 Å². The Morgan fingerprint density at radius 2 is 2.27 bits per heavy atom. The quantitative estimate of drug-likeness (QED) is 0.646. The van der Waals surface area contributed by atoms with Gasteiger partial charge in [-0.15, -0.1) is 0 Å². The summed E-state index contributed by atoms with van der Waals surface area (Å²) in [6.45, 7) is 0.812. The molecule has 0 saturated heterocycles. The Bertz CT molecular complexity index is 333. The van der Waals surface area contributed by atoms with Gasteiger partial charge in [-0.2, -0.15) is 11.8 Å². The van der Waals surface area contributed by atoms with Gasteiger partial charge in [0.2, 0.25) is 0 Å². The summed E-state index contributed by atoms with van der Waals surface area (Å²) in [5.41, 5.74) is 6.97. The molecule has 0 unspecified atom stereocenters. The van der Waals surface area contributed by atoms with Crippen molar-refractivity contribution in [3.63, 3.8) is 0 Å². The first-order valence-electron chi connectivity index (χ1n) is 4.62. The monoisotopic (exact) mass is 292 g/mol. The summed E-state index contributed by atoms with van der Waals surface area (Å²) in [7, 11) is 0. The largest absolute Gasteiger partial charge is 0.397 e. The van der Waals surface area contributed by atoms with Gasteiger partial charge in [-0.3, -0.25) is 0 Å². The van der Waals surface area contributed by atoms with Crippen LogP contribution in [0.2, 0.25) is 0 Å². The number of hydrogen-bond donors (Lipinski definition) is 2. The molecule has 15 heavy (non-hydrogen) atoms. The molecule has 1 aromatic rings. The summed E-state index contributed by atoms with van der Waals surface area (Å²) >= 11 is 4.88. The lowest BCUT2D eigenvalue weighted by atomic mass is 10.2. The second-order valence-corrected chi connectivity index (χ2v) is 4.97. The van der Waals surface area contributed by atoms with E-state index in [1.165, 1.54) is 6.07 Å². The van der Waals surface area contributed by atoms with Crippen LogP contribution < -0.4 is 11.1 Å². The predicted octanol–water partition coefficient (Wildman–Crippen LogP) is 3.34. The highest BCUT2D eigenvalue weighted by Gasteiger charge is 2.04. The van der Waals surface area contributed by atoms with Crippen LogP contribution in [0.5, 0.6) is 0 Å². The highest BCUT2D eigenvalue weighted by Crippen LogP contribution is 2.26. The normalized spacial score (nSPS) is 10.3. The Labute approximate surface area is 102 Å². The van der Waals surface area contributed by atoms with Crippen LogP contribution in [-0.4, -0.2) is 18.6 Å². The fourth-order valence-electron chi connectivity index (χ4n) is 1.15. The van der Waals surface area contributed by atoms with Gasteiger partial charge < -0.3 is 11.1 Å². The Kier molecular flexibility index (Phi) is 5.25. The van der Waals surface area contributed by atoms with Crippen LogP contribution in [-0.2, 0) is 0 Å². The predicted molar refractivity (Wildman–Crippen MR) is 70.0 cm³/mol. The van der Waals surface area contributed by atoms with Gasteiger partial charge in [-0.05, 0) is 40.4 Å². The molecule has 0 atom stereocenters. The third kappa shape index (κ3) is 3.91. The van der Waals surface area contributed by atoms with Gasteiger partial charge in [0.15, 0.2) is 0 Å². The number of hydrogen-bond acceptors (Lipinski definition) is 3. The van der Waals surface area contributed by atoms with E-state index in [-0.39, 0.29) is 5.82 Å².